The van der Waals surface area contributed by atoms with E-state index in [0.29, 0.717) is 61.3 Å². The van der Waals surface area contributed by atoms with Crippen LogP contribution in [0.2, 0.25) is 0 Å². The number of morpholine rings is 1. The van der Waals surface area contributed by atoms with E-state index in [0.717, 1.165) is 25.1 Å². The van der Waals surface area contributed by atoms with E-state index in [-0.39, 0.29) is 11.3 Å². The molecule has 2 aliphatic rings. The number of aryl methyl sites for hydroxylation is 1. The van der Waals surface area contributed by atoms with Crippen molar-refractivity contribution in [3.63, 3.8) is 0 Å². The number of aliphatic hydroxyl groups excluding tert-OH is 1. The van der Waals surface area contributed by atoms with Gasteiger partial charge in [0.05, 0.1) is 31.4 Å². The second kappa shape index (κ2) is 13.0. The Bertz CT molecular complexity index is 1410. The average molecular weight is 557 g/mol. The number of hydrogen-bond donors (Lipinski definition) is 1. The van der Waals surface area contributed by atoms with Crippen molar-refractivity contribution in [1.82, 2.24) is 9.80 Å². The fourth-order valence-electron chi connectivity index (χ4n) is 5.26. The predicted molar refractivity (Wildman–Crippen MR) is 156 cm³/mol. The fraction of sp³-hybridized carbons (Fsp3) is 0.333. The molecule has 0 unspecified atom stereocenters. The number of amides is 1. The van der Waals surface area contributed by atoms with E-state index in [1.165, 1.54) is 0 Å². The average Bonchev–Trinajstić information content (AvgIpc) is 3.25. The van der Waals surface area contributed by atoms with E-state index >= 15 is 0 Å². The minimum atomic E-state index is -0.772. The van der Waals surface area contributed by atoms with Crippen molar-refractivity contribution < 1.29 is 28.9 Å². The summed E-state index contributed by atoms with van der Waals surface area (Å²) < 4.78 is 17.3. The lowest BCUT2D eigenvalue weighted by Gasteiger charge is -2.31. The number of benzene rings is 3. The molecule has 1 atom stereocenters. The van der Waals surface area contributed by atoms with E-state index in [2.05, 4.69) is 4.90 Å². The van der Waals surface area contributed by atoms with Crippen molar-refractivity contribution in [3.8, 4) is 17.2 Å². The summed E-state index contributed by atoms with van der Waals surface area (Å²) in [6.07, 6.45) is 0.877. The molecule has 0 aliphatic carbocycles. The Morgan fingerprint density at radius 1 is 0.927 bits per heavy atom. The molecule has 214 valence electrons. The first-order chi connectivity index (χ1) is 20.0. The third-order valence-corrected chi connectivity index (χ3v) is 7.38. The molecule has 0 aromatic heterocycles. The highest BCUT2D eigenvalue weighted by Gasteiger charge is 2.46. The summed E-state index contributed by atoms with van der Waals surface area (Å²) in [7, 11) is 0. The molecule has 1 amide bonds. The number of likely N-dealkylation sites (tertiary alicyclic amines) is 1. The Labute approximate surface area is 240 Å². The zero-order valence-electron chi connectivity index (χ0n) is 23.5. The highest BCUT2D eigenvalue weighted by Crippen LogP contribution is 2.41. The van der Waals surface area contributed by atoms with Gasteiger partial charge in [-0.15, -0.1) is 0 Å². The van der Waals surface area contributed by atoms with Crippen LogP contribution in [0.4, 0.5) is 0 Å². The molecule has 3 aromatic carbocycles. The van der Waals surface area contributed by atoms with Crippen molar-refractivity contribution >= 4 is 17.4 Å². The molecule has 2 fully saturated rings. The molecule has 41 heavy (non-hydrogen) atoms. The van der Waals surface area contributed by atoms with Gasteiger partial charge in [-0.1, -0.05) is 37.3 Å². The monoisotopic (exact) mass is 556 g/mol. The number of carbonyl (C=O) groups is 2. The maximum absolute atomic E-state index is 13.6. The first-order valence-corrected chi connectivity index (χ1v) is 14.1. The zero-order valence-corrected chi connectivity index (χ0v) is 23.5. The van der Waals surface area contributed by atoms with Crippen LogP contribution in [0.1, 0.15) is 36.1 Å². The van der Waals surface area contributed by atoms with Crippen LogP contribution in [-0.4, -0.2) is 72.6 Å². The fourth-order valence-corrected chi connectivity index (χ4v) is 5.26. The minimum absolute atomic E-state index is 0.0687. The van der Waals surface area contributed by atoms with E-state index in [1.54, 1.807) is 17.0 Å². The van der Waals surface area contributed by atoms with Gasteiger partial charge in [0.2, 0.25) is 0 Å². The largest absolute Gasteiger partial charge is 0.507 e. The molecular formula is C33H36N2O6. The van der Waals surface area contributed by atoms with Crippen LogP contribution in [0.25, 0.3) is 5.76 Å². The topological polar surface area (TPSA) is 88.5 Å². The summed E-state index contributed by atoms with van der Waals surface area (Å²) in [5.74, 6) is 0.410. The zero-order chi connectivity index (χ0) is 28.8. The van der Waals surface area contributed by atoms with E-state index < -0.39 is 17.7 Å². The Morgan fingerprint density at radius 3 is 2.41 bits per heavy atom. The summed E-state index contributed by atoms with van der Waals surface area (Å²) in [5, 5.41) is 11.6. The SMILES string of the molecule is CCCOc1ccc(C(O)=C2C(=O)C(=O)N(CCN3CCOCC3)[C@@H]2c2cccc(Oc3ccccc3)c2)c(C)c1. The van der Waals surface area contributed by atoms with Gasteiger partial charge < -0.3 is 24.2 Å². The van der Waals surface area contributed by atoms with Crippen molar-refractivity contribution in [2.75, 3.05) is 46.0 Å². The van der Waals surface area contributed by atoms with E-state index in [4.69, 9.17) is 14.2 Å². The molecule has 2 aliphatic heterocycles. The molecule has 8 heteroatoms. The van der Waals surface area contributed by atoms with Crippen LogP contribution in [0.15, 0.2) is 78.4 Å². The van der Waals surface area contributed by atoms with Crippen molar-refractivity contribution in [1.29, 1.82) is 0 Å². The summed E-state index contributed by atoms with van der Waals surface area (Å²) >= 11 is 0. The van der Waals surface area contributed by atoms with Crippen LogP contribution in [0, 0.1) is 6.92 Å². The third-order valence-electron chi connectivity index (χ3n) is 7.38. The number of para-hydroxylation sites is 1. The second-order valence-electron chi connectivity index (χ2n) is 10.3. The summed E-state index contributed by atoms with van der Waals surface area (Å²) in [6, 6.07) is 21.3. The van der Waals surface area contributed by atoms with Crippen LogP contribution in [0.3, 0.4) is 0 Å². The number of carbonyl (C=O) groups excluding carboxylic acids is 2. The maximum Gasteiger partial charge on any atom is 0.295 e. The number of hydrogen-bond acceptors (Lipinski definition) is 7. The van der Waals surface area contributed by atoms with Gasteiger partial charge in [-0.25, -0.2) is 0 Å². The third kappa shape index (κ3) is 6.45. The lowest BCUT2D eigenvalue weighted by atomic mass is 9.93. The Kier molecular flexibility index (Phi) is 9.01. The minimum Gasteiger partial charge on any atom is -0.507 e. The Hall–Kier alpha value is -4.14. The first kappa shape index (κ1) is 28.4. The molecule has 2 heterocycles. The Balaban J connectivity index is 1.53. The van der Waals surface area contributed by atoms with Crippen molar-refractivity contribution in [2.24, 2.45) is 0 Å². The van der Waals surface area contributed by atoms with Gasteiger partial charge in [-0.3, -0.25) is 14.5 Å². The molecule has 3 aromatic rings. The number of Topliss-reactive ketones (excluding diaryl/α,β-unsaturated/α-hetero) is 1. The number of rotatable bonds is 10. The highest BCUT2D eigenvalue weighted by molar-refractivity contribution is 6.46. The van der Waals surface area contributed by atoms with Crippen LogP contribution >= 0.6 is 0 Å². The van der Waals surface area contributed by atoms with Gasteiger partial charge in [-0.05, 0) is 66.9 Å². The number of ketones is 1. The number of ether oxygens (including phenoxy) is 3. The molecule has 5 rings (SSSR count). The molecule has 0 radical (unpaired) electrons. The molecule has 0 saturated carbocycles. The van der Waals surface area contributed by atoms with Crippen molar-refractivity contribution in [2.45, 2.75) is 26.3 Å². The maximum atomic E-state index is 13.6. The summed E-state index contributed by atoms with van der Waals surface area (Å²) in [4.78, 5) is 30.8. The Morgan fingerprint density at radius 2 is 1.68 bits per heavy atom. The summed E-state index contributed by atoms with van der Waals surface area (Å²) in [5.41, 5.74) is 1.98. The predicted octanol–water partition coefficient (Wildman–Crippen LogP) is 5.33. The van der Waals surface area contributed by atoms with E-state index in [9.17, 15) is 14.7 Å². The van der Waals surface area contributed by atoms with Crippen molar-refractivity contribution in [3.05, 3.63) is 95.1 Å². The molecule has 2 saturated heterocycles. The lowest BCUT2D eigenvalue weighted by molar-refractivity contribution is -0.140. The number of nitrogens with zero attached hydrogens (tertiary/aromatic N) is 2. The molecule has 0 bridgehead atoms. The van der Waals surface area contributed by atoms with E-state index in [1.807, 2.05) is 74.5 Å². The second-order valence-corrected chi connectivity index (χ2v) is 10.3. The van der Waals surface area contributed by atoms with Gasteiger partial charge in [0.25, 0.3) is 11.7 Å². The first-order valence-electron chi connectivity index (χ1n) is 14.1. The lowest BCUT2D eigenvalue weighted by Crippen LogP contribution is -2.42. The molecular weight excluding hydrogens is 520 g/mol. The normalized spacial score (nSPS) is 19.0. The van der Waals surface area contributed by atoms with Gasteiger partial charge in [0, 0.05) is 31.7 Å². The molecule has 1 N–H and O–H groups in total. The molecule has 0 spiro atoms. The van der Waals surface area contributed by atoms with Gasteiger partial charge in [0.15, 0.2) is 0 Å². The van der Waals surface area contributed by atoms with Gasteiger partial charge >= 0.3 is 0 Å². The van der Waals surface area contributed by atoms with Gasteiger partial charge in [-0.2, -0.15) is 0 Å². The molecule has 8 nitrogen and oxygen atoms in total. The summed E-state index contributed by atoms with van der Waals surface area (Å²) in [6.45, 7) is 8.20. The van der Waals surface area contributed by atoms with Crippen LogP contribution in [0.5, 0.6) is 17.2 Å². The van der Waals surface area contributed by atoms with Crippen LogP contribution in [-0.2, 0) is 14.3 Å². The van der Waals surface area contributed by atoms with Crippen LogP contribution < -0.4 is 9.47 Å². The highest BCUT2D eigenvalue weighted by atomic mass is 16.5. The number of aliphatic hydroxyl groups is 1. The quantitative estimate of drug-likeness (QED) is 0.205. The standard InChI is InChI=1S/C33H36N2O6/c1-3-18-40-26-12-13-28(23(2)21-26)31(36)29-30(24-8-7-11-27(22-24)41-25-9-5-4-6-10-25)35(33(38)32(29)37)15-14-34-16-19-39-20-17-34/h4-13,21-22,30,36H,3,14-20H2,1-2H3/t30-/m1/s1. The smallest absolute Gasteiger partial charge is 0.295 e. The van der Waals surface area contributed by atoms with Gasteiger partial charge in [0.1, 0.15) is 23.0 Å².